The van der Waals surface area contributed by atoms with Gasteiger partial charge >= 0.3 is 0 Å². The molecular formula is C17H27N3O. The molecule has 1 amide bonds. The maximum absolute atomic E-state index is 11.7. The van der Waals surface area contributed by atoms with Crippen molar-refractivity contribution in [3.05, 3.63) is 29.8 Å². The van der Waals surface area contributed by atoms with Crippen LogP contribution in [0.3, 0.4) is 0 Å². The summed E-state index contributed by atoms with van der Waals surface area (Å²) in [7, 11) is 1.90. The average molecular weight is 289 g/mol. The molecule has 1 aliphatic heterocycles. The highest BCUT2D eigenvalue weighted by molar-refractivity contribution is 5.90. The van der Waals surface area contributed by atoms with E-state index in [4.69, 9.17) is 0 Å². The summed E-state index contributed by atoms with van der Waals surface area (Å²) in [5.74, 6) is 0.0927. The number of hydrogen-bond donors (Lipinski definition) is 2. The van der Waals surface area contributed by atoms with Crippen molar-refractivity contribution in [2.24, 2.45) is 0 Å². The number of carbonyl (C=O) groups is 1. The van der Waals surface area contributed by atoms with Gasteiger partial charge in [0.15, 0.2) is 0 Å². The fourth-order valence-corrected chi connectivity index (χ4v) is 2.70. The van der Waals surface area contributed by atoms with Crippen molar-refractivity contribution in [3.8, 4) is 0 Å². The van der Waals surface area contributed by atoms with Gasteiger partial charge < -0.3 is 15.5 Å². The van der Waals surface area contributed by atoms with E-state index in [2.05, 4.69) is 27.7 Å². The topological polar surface area (TPSA) is 44.4 Å². The zero-order valence-electron chi connectivity index (χ0n) is 13.0. The van der Waals surface area contributed by atoms with Crippen LogP contribution in [0.1, 0.15) is 31.2 Å². The molecule has 0 bridgehead atoms. The van der Waals surface area contributed by atoms with Gasteiger partial charge in [0, 0.05) is 18.7 Å². The van der Waals surface area contributed by atoms with Crippen molar-refractivity contribution in [2.45, 2.75) is 32.1 Å². The van der Waals surface area contributed by atoms with Gasteiger partial charge in [0.05, 0.1) is 0 Å². The van der Waals surface area contributed by atoms with Crippen molar-refractivity contribution in [1.29, 1.82) is 0 Å². The Balaban J connectivity index is 1.71. The van der Waals surface area contributed by atoms with Crippen molar-refractivity contribution in [3.63, 3.8) is 0 Å². The summed E-state index contributed by atoms with van der Waals surface area (Å²) < 4.78 is 0. The molecule has 0 spiro atoms. The summed E-state index contributed by atoms with van der Waals surface area (Å²) in [6.45, 7) is 4.53. The first kappa shape index (κ1) is 16.0. The number of hydrogen-bond acceptors (Lipinski definition) is 3. The smallest absolute Gasteiger partial charge is 0.224 e. The van der Waals surface area contributed by atoms with Gasteiger partial charge in [-0.3, -0.25) is 4.79 Å². The highest BCUT2D eigenvalue weighted by Crippen LogP contribution is 2.13. The molecule has 116 valence electrons. The van der Waals surface area contributed by atoms with E-state index in [1.165, 1.54) is 31.5 Å². The number of likely N-dealkylation sites (tertiary alicyclic amines) is 1. The molecule has 0 atom stereocenters. The molecule has 4 heteroatoms. The molecule has 1 heterocycles. The largest absolute Gasteiger partial charge is 0.326 e. The standard InChI is InChI=1S/C17H27N3O/c1-18-11-4-5-17(21)19-16-8-6-15(7-9-16)10-14-20-12-2-3-13-20/h6-9,18H,2-5,10-14H2,1H3,(H,19,21). The number of anilines is 1. The zero-order chi connectivity index (χ0) is 14.9. The Kier molecular flexibility index (Phi) is 6.70. The van der Waals surface area contributed by atoms with E-state index in [0.717, 1.165) is 31.6 Å². The molecule has 0 aliphatic carbocycles. The molecule has 21 heavy (non-hydrogen) atoms. The third-order valence-corrected chi connectivity index (χ3v) is 3.98. The lowest BCUT2D eigenvalue weighted by atomic mass is 10.1. The number of carbonyl (C=O) groups excluding carboxylic acids is 1. The van der Waals surface area contributed by atoms with E-state index in [9.17, 15) is 4.79 Å². The third kappa shape index (κ3) is 5.86. The molecule has 2 rings (SSSR count). The summed E-state index contributed by atoms with van der Waals surface area (Å²) in [6, 6.07) is 8.27. The van der Waals surface area contributed by atoms with Crippen molar-refractivity contribution >= 4 is 11.6 Å². The van der Waals surface area contributed by atoms with Gasteiger partial charge in [-0.15, -0.1) is 0 Å². The van der Waals surface area contributed by atoms with Gasteiger partial charge in [-0.05, 0) is 70.1 Å². The molecule has 0 aromatic heterocycles. The molecule has 2 N–H and O–H groups in total. The number of nitrogens with zero attached hydrogens (tertiary/aromatic N) is 1. The third-order valence-electron chi connectivity index (χ3n) is 3.98. The van der Waals surface area contributed by atoms with Crippen LogP contribution in [-0.2, 0) is 11.2 Å². The Morgan fingerprint density at radius 3 is 2.57 bits per heavy atom. The van der Waals surface area contributed by atoms with E-state index in [0.29, 0.717) is 6.42 Å². The summed E-state index contributed by atoms with van der Waals surface area (Å²) in [5.41, 5.74) is 2.24. The second-order valence-corrected chi connectivity index (χ2v) is 5.75. The number of nitrogens with one attached hydrogen (secondary N) is 2. The Hall–Kier alpha value is -1.39. The fourth-order valence-electron chi connectivity index (χ4n) is 2.70. The van der Waals surface area contributed by atoms with Crippen molar-refractivity contribution in [2.75, 3.05) is 38.5 Å². The molecule has 4 nitrogen and oxygen atoms in total. The normalized spacial score (nSPS) is 15.3. The maximum atomic E-state index is 11.7. The van der Waals surface area contributed by atoms with Gasteiger partial charge in [0.1, 0.15) is 0 Å². The van der Waals surface area contributed by atoms with Gasteiger partial charge in [-0.25, -0.2) is 0 Å². The first-order valence-corrected chi connectivity index (χ1v) is 8.03. The maximum Gasteiger partial charge on any atom is 0.224 e. The molecular weight excluding hydrogens is 262 g/mol. The second-order valence-electron chi connectivity index (χ2n) is 5.75. The van der Waals surface area contributed by atoms with Crippen LogP contribution >= 0.6 is 0 Å². The lowest BCUT2D eigenvalue weighted by molar-refractivity contribution is -0.116. The van der Waals surface area contributed by atoms with Crippen molar-refractivity contribution in [1.82, 2.24) is 10.2 Å². The molecule has 1 aromatic rings. The molecule has 1 fully saturated rings. The Morgan fingerprint density at radius 2 is 1.90 bits per heavy atom. The van der Waals surface area contributed by atoms with Gasteiger partial charge in [0.25, 0.3) is 0 Å². The van der Waals surface area contributed by atoms with Crippen LogP contribution in [0, 0.1) is 0 Å². The van der Waals surface area contributed by atoms with Crippen molar-refractivity contribution < 1.29 is 4.79 Å². The van der Waals surface area contributed by atoms with E-state index in [-0.39, 0.29) is 5.91 Å². The van der Waals surface area contributed by atoms with Crippen LogP contribution < -0.4 is 10.6 Å². The van der Waals surface area contributed by atoms with Gasteiger partial charge in [-0.2, -0.15) is 0 Å². The Morgan fingerprint density at radius 1 is 1.19 bits per heavy atom. The van der Waals surface area contributed by atoms with E-state index in [1.807, 2.05) is 19.2 Å². The highest BCUT2D eigenvalue weighted by Gasteiger charge is 2.10. The van der Waals surface area contributed by atoms with Crippen LogP contribution in [0.4, 0.5) is 5.69 Å². The quantitative estimate of drug-likeness (QED) is 0.722. The summed E-state index contributed by atoms with van der Waals surface area (Å²) in [5, 5.41) is 6.00. The van der Waals surface area contributed by atoms with E-state index in [1.54, 1.807) is 0 Å². The Labute approximate surface area is 127 Å². The minimum Gasteiger partial charge on any atom is -0.326 e. The minimum atomic E-state index is 0.0927. The molecule has 1 saturated heterocycles. The number of rotatable bonds is 8. The number of amides is 1. The van der Waals surface area contributed by atoms with E-state index >= 15 is 0 Å². The van der Waals surface area contributed by atoms with Crippen LogP contribution in [0.15, 0.2) is 24.3 Å². The summed E-state index contributed by atoms with van der Waals surface area (Å²) >= 11 is 0. The predicted molar refractivity (Wildman–Crippen MR) is 87.6 cm³/mol. The van der Waals surface area contributed by atoms with Crippen LogP contribution in [0.5, 0.6) is 0 Å². The molecule has 1 aromatic carbocycles. The fraction of sp³-hybridized carbons (Fsp3) is 0.588. The second kappa shape index (κ2) is 8.80. The lowest BCUT2D eigenvalue weighted by Crippen LogP contribution is -2.21. The lowest BCUT2D eigenvalue weighted by Gasteiger charge is -2.14. The molecule has 0 radical (unpaired) electrons. The SMILES string of the molecule is CNCCCC(=O)Nc1ccc(CCN2CCCC2)cc1. The first-order valence-electron chi connectivity index (χ1n) is 8.03. The highest BCUT2D eigenvalue weighted by atomic mass is 16.1. The van der Waals surface area contributed by atoms with Gasteiger partial charge in [-0.1, -0.05) is 12.1 Å². The summed E-state index contributed by atoms with van der Waals surface area (Å²) in [6.07, 6.45) is 5.22. The van der Waals surface area contributed by atoms with Crippen LogP contribution in [0.25, 0.3) is 0 Å². The zero-order valence-corrected chi connectivity index (χ0v) is 13.0. The summed E-state index contributed by atoms with van der Waals surface area (Å²) in [4.78, 5) is 14.3. The Bertz CT molecular complexity index is 424. The van der Waals surface area contributed by atoms with E-state index < -0.39 is 0 Å². The molecule has 0 saturated carbocycles. The molecule has 0 unspecified atom stereocenters. The minimum absolute atomic E-state index is 0.0927. The average Bonchev–Trinajstić information content (AvgIpc) is 3.00. The monoisotopic (exact) mass is 289 g/mol. The predicted octanol–water partition coefficient (Wildman–Crippen LogP) is 2.26. The molecule has 1 aliphatic rings. The van der Waals surface area contributed by atoms with Gasteiger partial charge in [0.2, 0.25) is 5.91 Å². The number of benzene rings is 1. The van der Waals surface area contributed by atoms with Crippen LogP contribution in [0.2, 0.25) is 0 Å². The first-order chi connectivity index (χ1) is 10.3. The van der Waals surface area contributed by atoms with Crippen LogP contribution in [-0.4, -0.2) is 44.0 Å².